The fraction of sp³-hybridized carbons (Fsp3) is 0.545. The summed E-state index contributed by atoms with van der Waals surface area (Å²) in [7, 11) is 0. The summed E-state index contributed by atoms with van der Waals surface area (Å²) < 4.78 is 5.71. The third-order valence-corrected chi connectivity index (χ3v) is 6.05. The van der Waals surface area contributed by atoms with Gasteiger partial charge in [0.15, 0.2) is 0 Å². The second kappa shape index (κ2) is 7.02. The number of furan rings is 1. The molecule has 5 heteroatoms. The van der Waals surface area contributed by atoms with Gasteiger partial charge in [-0.1, -0.05) is 13.0 Å². The van der Waals surface area contributed by atoms with Gasteiger partial charge in [-0.05, 0) is 50.3 Å². The average molecular weight is 368 g/mol. The molecule has 1 aromatic carbocycles. The molecule has 2 unspecified atom stereocenters. The van der Waals surface area contributed by atoms with Gasteiger partial charge in [0.05, 0.1) is 18.6 Å². The summed E-state index contributed by atoms with van der Waals surface area (Å²) >= 11 is 0. The zero-order valence-corrected chi connectivity index (χ0v) is 16.5. The van der Waals surface area contributed by atoms with Crippen molar-refractivity contribution in [1.29, 1.82) is 0 Å². The van der Waals surface area contributed by atoms with Gasteiger partial charge >= 0.3 is 0 Å². The van der Waals surface area contributed by atoms with E-state index in [9.17, 15) is 9.59 Å². The van der Waals surface area contributed by atoms with E-state index in [4.69, 9.17) is 4.42 Å². The molecule has 0 aliphatic carbocycles. The molecule has 0 radical (unpaired) electrons. The molecule has 1 aromatic heterocycles. The highest BCUT2D eigenvalue weighted by Gasteiger charge is 2.41. The molecular formula is C22H28N2O3. The molecule has 2 aromatic rings. The summed E-state index contributed by atoms with van der Waals surface area (Å²) in [5.74, 6) is 0.300. The smallest absolute Gasteiger partial charge is 0.227 e. The van der Waals surface area contributed by atoms with Crippen LogP contribution in [0.2, 0.25) is 0 Å². The molecule has 144 valence electrons. The first kappa shape index (κ1) is 18.1. The van der Waals surface area contributed by atoms with Crippen molar-refractivity contribution < 1.29 is 14.0 Å². The van der Waals surface area contributed by atoms with Gasteiger partial charge in [0.25, 0.3) is 0 Å². The molecule has 3 fully saturated rings. The number of carbonyl (C=O) groups is 2. The highest BCUT2D eigenvalue weighted by Crippen LogP contribution is 2.31. The largest absolute Gasteiger partial charge is 0.464 e. The van der Waals surface area contributed by atoms with Gasteiger partial charge in [-0.3, -0.25) is 9.59 Å². The van der Waals surface area contributed by atoms with Crippen LogP contribution in [0.4, 0.5) is 0 Å². The minimum absolute atomic E-state index is 0.0373. The lowest BCUT2D eigenvalue weighted by atomic mass is 9.94. The van der Waals surface area contributed by atoms with Gasteiger partial charge in [0.2, 0.25) is 11.8 Å². The van der Waals surface area contributed by atoms with E-state index in [0.29, 0.717) is 19.5 Å². The van der Waals surface area contributed by atoms with Crippen molar-refractivity contribution in [2.24, 2.45) is 5.92 Å². The number of benzene rings is 1. The predicted molar refractivity (Wildman–Crippen MR) is 104 cm³/mol. The topological polar surface area (TPSA) is 53.8 Å². The summed E-state index contributed by atoms with van der Waals surface area (Å²) in [5, 5.41) is 1.05. The maximum atomic E-state index is 13.1. The standard InChI is InChI=1S/C22H28N2O3/c1-4-7-24-18-6-5-16(22(24)26)11-23(12-18)20(25)10-17-13-27-19-9-14(2)8-15(3)21(17)19/h8-9,13,16,18H,4-7,10-12H2,1-3H3. The number of aryl methyl sites for hydroxylation is 2. The maximum Gasteiger partial charge on any atom is 0.227 e. The van der Waals surface area contributed by atoms with Crippen molar-refractivity contribution in [1.82, 2.24) is 9.80 Å². The number of hydrogen-bond acceptors (Lipinski definition) is 3. The third kappa shape index (κ3) is 3.24. The Labute approximate surface area is 160 Å². The van der Waals surface area contributed by atoms with Crippen LogP contribution in [0.25, 0.3) is 11.0 Å². The van der Waals surface area contributed by atoms with Crippen molar-refractivity contribution in [2.45, 2.75) is 52.5 Å². The molecule has 2 bridgehead atoms. The Morgan fingerprint density at radius 3 is 2.81 bits per heavy atom. The van der Waals surface area contributed by atoms with Crippen molar-refractivity contribution in [3.63, 3.8) is 0 Å². The van der Waals surface area contributed by atoms with Crippen LogP contribution in [0.15, 0.2) is 22.8 Å². The number of amides is 2. The maximum absolute atomic E-state index is 13.1. The molecule has 3 saturated heterocycles. The quantitative estimate of drug-likeness (QED) is 0.831. The van der Waals surface area contributed by atoms with E-state index < -0.39 is 0 Å². The fourth-order valence-electron chi connectivity index (χ4n) is 4.81. The van der Waals surface area contributed by atoms with Crippen molar-refractivity contribution in [3.05, 3.63) is 35.1 Å². The second-order valence-electron chi connectivity index (χ2n) is 8.15. The van der Waals surface area contributed by atoms with E-state index in [0.717, 1.165) is 53.5 Å². The van der Waals surface area contributed by atoms with Crippen LogP contribution in [0, 0.1) is 19.8 Å². The molecule has 2 atom stereocenters. The highest BCUT2D eigenvalue weighted by molar-refractivity contribution is 5.90. The number of nitrogens with zero attached hydrogens (tertiary/aromatic N) is 2. The first-order valence-electron chi connectivity index (χ1n) is 10.0. The van der Waals surface area contributed by atoms with E-state index in [1.807, 2.05) is 22.8 Å². The molecule has 3 aliphatic rings. The van der Waals surface area contributed by atoms with Crippen LogP contribution in [0.1, 0.15) is 42.9 Å². The molecular weight excluding hydrogens is 340 g/mol. The SMILES string of the molecule is CCCN1C(=O)C2CCC1CN(C(=O)Cc1coc3cc(C)cc(C)c13)C2. The van der Waals surface area contributed by atoms with Crippen LogP contribution < -0.4 is 0 Å². The van der Waals surface area contributed by atoms with Gasteiger partial charge < -0.3 is 14.2 Å². The Bertz CT molecular complexity index is 885. The van der Waals surface area contributed by atoms with Crippen LogP contribution in [0.5, 0.6) is 0 Å². The molecule has 0 saturated carbocycles. The Morgan fingerprint density at radius 2 is 2.04 bits per heavy atom. The predicted octanol–water partition coefficient (Wildman–Crippen LogP) is 3.45. The molecule has 5 nitrogen and oxygen atoms in total. The minimum atomic E-state index is -0.0373. The summed E-state index contributed by atoms with van der Waals surface area (Å²) in [4.78, 5) is 29.7. The number of fused-ring (bicyclic) bond motifs is 5. The number of piperidine rings is 1. The van der Waals surface area contributed by atoms with Crippen molar-refractivity contribution in [3.8, 4) is 0 Å². The minimum Gasteiger partial charge on any atom is -0.464 e. The molecule has 2 amide bonds. The first-order valence-corrected chi connectivity index (χ1v) is 10.0. The van der Waals surface area contributed by atoms with Crippen LogP contribution >= 0.6 is 0 Å². The normalized spacial score (nSPS) is 22.6. The van der Waals surface area contributed by atoms with Crippen LogP contribution in [-0.2, 0) is 16.0 Å². The number of carbonyl (C=O) groups excluding carboxylic acids is 2. The van der Waals surface area contributed by atoms with E-state index in [1.54, 1.807) is 6.26 Å². The van der Waals surface area contributed by atoms with E-state index in [2.05, 4.69) is 19.9 Å². The van der Waals surface area contributed by atoms with Gasteiger partial charge in [-0.25, -0.2) is 0 Å². The van der Waals surface area contributed by atoms with E-state index in [-0.39, 0.29) is 23.8 Å². The lowest BCUT2D eigenvalue weighted by molar-refractivity contribution is -0.139. The lowest BCUT2D eigenvalue weighted by Crippen LogP contribution is -2.48. The Kier molecular flexibility index (Phi) is 4.70. The van der Waals surface area contributed by atoms with Gasteiger partial charge in [-0.2, -0.15) is 0 Å². The molecule has 0 spiro atoms. The van der Waals surface area contributed by atoms with Gasteiger partial charge in [-0.15, -0.1) is 0 Å². The zero-order valence-electron chi connectivity index (χ0n) is 16.5. The van der Waals surface area contributed by atoms with Crippen molar-refractivity contribution >= 4 is 22.8 Å². The number of hydrogen-bond donors (Lipinski definition) is 0. The molecule has 3 aliphatic heterocycles. The first-order chi connectivity index (χ1) is 13.0. The fourth-order valence-corrected chi connectivity index (χ4v) is 4.81. The molecule has 5 rings (SSSR count). The summed E-state index contributed by atoms with van der Waals surface area (Å²) in [6.45, 7) is 8.23. The summed E-state index contributed by atoms with van der Waals surface area (Å²) in [6.07, 6.45) is 4.92. The lowest BCUT2D eigenvalue weighted by Gasteiger charge is -2.35. The van der Waals surface area contributed by atoms with E-state index >= 15 is 0 Å². The molecule has 27 heavy (non-hydrogen) atoms. The van der Waals surface area contributed by atoms with Crippen LogP contribution in [0.3, 0.4) is 0 Å². The monoisotopic (exact) mass is 368 g/mol. The Balaban J connectivity index is 1.55. The molecule has 0 N–H and O–H groups in total. The second-order valence-corrected chi connectivity index (χ2v) is 8.15. The van der Waals surface area contributed by atoms with Gasteiger partial charge in [0.1, 0.15) is 5.58 Å². The van der Waals surface area contributed by atoms with Crippen LogP contribution in [-0.4, -0.2) is 47.3 Å². The van der Waals surface area contributed by atoms with Gasteiger partial charge in [0, 0.05) is 36.6 Å². The Hall–Kier alpha value is -2.30. The molecule has 4 heterocycles. The summed E-state index contributed by atoms with van der Waals surface area (Å²) in [5.41, 5.74) is 4.09. The Morgan fingerprint density at radius 1 is 1.22 bits per heavy atom. The summed E-state index contributed by atoms with van der Waals surface area (Å²) in [6, 6.07) is 4.31. The van der Waals surface area contributed by atoms with E-state index in [1.165, 1.54) is 0 Å². The van der Waals surface area contributed by atoms with Crippen molar-refractivity contribution in [2.75, 3.05) is 19.6 Å². The number of rotatable bonds is 4. The highest BCUT2D eigenvalue weighted by atomic mass is 16.3. The average Bonchev–Trinajstić information content (AvgIpc) is 2.83. The zero-order chi connectivity index (χ0) is 19.1. The third-order valence-electron chi connectivity index (χ3n) is 6.05.